The topological polar surface area (TPSA) is 94.8 Å². The number of ether oxygens (including phenoxy) is 2. The Kier molecular flexibility index (Phi) is 6.51. The van der Waals surface area contributed by atoms with E-state index in [1.165, 1.54) is 13.8 Å². The molecule has 0 radical (unpaired) electrons. The third kappa shape index (κ3) is 4.72. The van der Waals surface area contributed by atoms with Crippen molar-refractivity contribution in [2.75, 3.05) is 11.9 Å². The Hall–Kier alpha value is -2.80. The third-order valence-corrected chi connectivity index (χ3v) is 4.13. The van der Waals surface area contributed by atoms with Gasteiger partial charge < -0.3 is 13.9 Å². The summed E-state index contributed by atoms with van der Waals surface area (Å²) in [5, 5.41) is 3.07. The average molecular weight is 408 g/mol. The zero-order valence-electron chi connectivity index (χ0n) is 16.3. The summed E-state index contributed by atoms with van der Waals surface area (Å²) < 4.78 is 16.2. The molecule has 2 aromatic rings. The number of esters is 1. The summed E-state index contributed by atoms with van der Waals surface area (Å²) in [5.74, 6) is -1.20. The number of hydrogen-bond acceptors (Lipinski definition) is 6. The van der Waals surface area contributed by atoms with Crippen LogP contribution in [0.2, 0.25) is 5.02 Å². The van der Waals surface area contributed by atoms with Crippen LogP contribution in [0.25, 0.3) is 0 Å². The summed E-state index contributed by atoms with van der Waals surface area (Å²) in [4.78, 5) is 37.0. The number of amides is 1. The van der Waals surface area contributed by atoms with E-state index in [1.807, 2.05) is 0 Å². The number of ketones is 1. The van der Waals surface area contributed by atoms with E-state index in [2.05, 4.69) is 5.32 Å². The van der Waals surface area contributed by atoms with E-state index in [1.54, 1.807) is 45.0 Å². The summed E-state index contributed by atoms with van der Waals surface area (Å²) in [6, 6.07) is 6.54. The van der Waals surface area contributed by atoms with E-state index in [4.69, 9.17) is 25.5 Å². The molecule has 0 aliphatic carbocycles. The Labute approximate surface area is 167 Å². The predicted octanol–water partition coefficient (Wildman–Crippen LogP) is 4.42. The SMILES string of the molecule is CCOC(=O)c1c(NC(=O)C(C)(C)Oc2ccc(Cl)cc2)oc(C)c1C(C)=O. The second-order valence-corrected chi connectivity index (χ2v) is 6.97. The lowest BCUT2D eigenvalue weighted by Gasteiger charge is -2.25. The van der Waals surface area contributed by atoms with Gasteiger partial charge in [-0.15, -0.1) is 0 Å². The lowest BCUT2D eigenvalue weighted by atomic mass is 10.1. The van der Waals surface area contributed by atoms with E-state index >= 15 is 0 Å². The number of furan rings is 1. The van der Waals surface area contributed by atoms with Crippen molar-refractivity contribution in [3.8, 4) is 5.75 Å². The molecule has 1 heterocycles. The number of Topliss-reactive ketones (excluding diaryl/α,β-unsaturated/α-hetero) is 1. The van der Waals surface area contributed by atoms with Crippen molar-refractivity contribution in [2.45, 2.75) is 40.2 Å². The second kappa shape index (κ2) is 8.48. The molecule has 1 amide bonds. The summed E-state index contributed by atoms with van der Waals surface area (Å²) in [5.41, 5.74) is -1.34. The van der Waals surface area contributed by atoms with Gasteiger partial charge in [0, 0.05) is 5.02 Å². The minimum Gasteiger partial charge on any atom is -0.478 e. The second-order valence-electron chi connectivity index (χ2n) is 6.53. The van der Waals surface area contributed by atoms with Crippen molar-refractivity contribution in [3.05, 3.63) is 46.2 Å². The number of benzene rings is 1. The van der Waals surface area contributed by atoms with Crippen LogP contribution >= 0.6 is 11.6 Å². The summed E-state index contributed by atoms with van der Waals surface area (Å²) in [7, 11) is 0. The molecule has 1 N–H and O–H groups in total. The first-order chi connectivity index (χ1) is 13.1. The van der Waals surface area contributed by atoms with Gasteiger partial charge in [-0.3, -0.25) is 14.9 Å². The standard InChI is InChI=1S/C20H22ClNO6/c1-6-26-18(24)16-15(11(2)23)12(3)27-17(16)22-19(25)20(4,5)28-14-9-7-13(21)8-10-14/h7-10H,6H2,1-5H3,(H,22,25). The van der Waals surface area contributed by atoms with Crippen LogP contribution < -0.4 is 10.1 Å². The van der Waals surface area contributed by atoms with Gasteiger partial charge in [0.15, 0.2) is 11.4 Å². The molecule has 0 saturated carbocycles. The van der Waals surface area contributed by atoms with Crippen LogP contribution in [-0.2, 0) is 9.53 Å². The maximum Gasteiger partial charge on any atom is 0.344 e. The largest absolute Gasteiger partial charge is 0.478 e. The molecule has 7 nitrogen and oxygen atoms in total. The fraction of sp³-hybridized carbons (Fsp3) is 0.350. The Bertz CT molecular complexity index is 898. The van der Waals surface area contributed by atoms with Gasteiger partial charge in [0.25, 0.3) is 5.91 Å². The summed E-state index contributed by atoms with van der Waals surface area (Å²) in [6.45, 7) is 7.70. The number of halogens is 1. The Morgan fingerprint density at radius 2 is 1.75 bits per heavy atom. The first kappa shape index (κ1) is 21.5. The van der Waals surface area contributed by atoms with Crippen LogP contribution in [0, 0.1) is 6.92 Å². The molecule has 0 saturated heterocycles. The van der Waals surface area contributed by atoms with Crippen LogP contribution in [0.3, 0.4) is 0 Å². The monoisotopic (exact) mass is 407 g/mol. The maximum atomic E-state index is 12.8. The van der Waals surface area contributed by atoms with Crippen LogP contribution in [-0.4, -0.2) is 29.9 Å². The fourth-order valence-corrected chi connectivity index (χ4v) is 2.68. The van der Waals surface area contributed by atoms with E-state index < -0.39 is 17.5 Å². The highest BCUT2D eigenvalue weighted by Gasteiger charge is 2.34. The van der Waals surface area contributed by atoms with Gasteiger partial charge in [0.2, 0.25) is 5.88 Å². The summed E-state index contributed by atoms with van der Waals surface area (Å²) >= 11 is 5.85. The van der Waals surface area contributed by atoms with Crippen LogP contribution in [0.5, 0.6) is 5.75 Å². The Balaban J connectivity index is 2.31. The lowest BCUT2D eigenvalue weighted by molar-refractivity contribution is -0.128. The van der Waals surface area contributed by atoms with Crippen molar-refractivity contribution >= 4 is 35.1 Å². The molecule has 0 aliphatic rings. The molecular weight excluding hydrogens is 386 g/mol. The molecule has 0 bridgehead atoms. The van der Waals surface area contributed by atoms with Gasteiger partial charge in [0.05, 0.1) is 12.2 Å². The molecular formula is C20H22ClNO6. The van der Waals surface area contributed by atoms with Gasteiger partial charge >= 0.3 is 5.97 Å². The van der Waals surface area contributed by atoms with Crippen molar-refractivity contribution in [3.63, 3.8) is 0 Å². The quantitative estimate of drug-likeness (QED) is 0.539. The molecule has 8 heteroatoms. The predicted molar refractivity (Wildman–Crippen MR) is 104 cm³/mol. The minimum absolute atomic E-state index is 0.0742. The fourth-order valence-electron chi connectivity index (χ4n) is 2.55. The number of carbonyl (C=O) groups excluding carboxylic acids is 3. The van der Waals surface area contributed by atoms with Crippen molar-refractivity contribution in [1.82, 2.24) is 0 Å². The molecule has 0 aliphatic heterocycles. The molecule has 0 fully saturated rings. The zero-order chi connectivity index (χ0) is 21.1. The first-order valence-electron chi connectivity index (χ1n) is 8.64. The molecule has 150 valence electrons. The van der Waals surface area contributed by atoms with Gasteiger partial charge in [-0.25, -0.2) is 4.79 Å². The highest BCUT2D eigenvalue weighted by molar-refractivity contribution is 6.30. The molecule has 0 spiro atoms. The molecule has 28 heavy (non-hydrogen) atoms. The average Bonchev–Trinajstić information content (AvgIpc) is 2.93. The Morgan fingerprint density at radius 1 is 1.14 bits per heavy atom. The number of rotatable bonds is 7. The molecule has 0 atom stereocenters. The van der Waals surface area contributed by atoms with Crippen molar-refractivity contribution in [1.29, 1.82) is 0 Å². The number of hydrogen-bond donors (Lipinski definition) is 1. The van der Waals surface area contributed by atoms with Gasteiger partial charge in [-0.2, -0.15) is 0 Å². The van der Waals surface area contributed by atoms with Crippen molar-refractivity contribution in [2.24, 2.45) is 0 Å². The first-order valence-corrected chi connectivity index (χ1v) is 9.02. The summed E-state index contributed by atoms with van der Waals surface area (Å²) in [6.07, 6.45) is 0. The van der Waals surface area contributed by atoms with E-state index in [0.717, 1.165) is 0 Å². The molecule has 1 aromatic heterocycles. The van der Waals surface area contributed by atoms with Gasteiger partial charge in [0.1, 0.15) is 17.1 Å². The van der Waals surface area contributed by atoms with E-state index in [-0.39, 0.29) is 35.2 Å². The molecule has 1 aromatic carbocycles. The number of anilines is 1. The third-order valence-electron chi connectivity index (χ3n) is 3.88. The number of aryl methyl sites for hydroxylation is 1. The van der Waals surface area contributed by atoms with E-state index in [0.29, 0.717) is 10.8 Å². The Morgan fingerprint density at radius 3 is 2.29 bits per heavy atom. The van der Waals surface area contributed by atoms with Crippen LogP contribution in [0.1, 0.15) is 54.2 Å². The molecule has 0 unspecified atom stereocenters. The van der Waals surface area contributed by atoms with Crippen LogP contribution in [0.4, 0.5) is 5.88 Å². The van der Waals surface area contributed by atoms with E-state index in [9.17, 15) is 14.4 Å². The minimum atomic E-state index is -1.31. The maximum absolute atomic E-state index is 12.8. The van der Waals surface area contributed by atoms with Crippen molar-refractivity contribution < 1.29 is 28.3 Å². The van der Waals surface area contributed by atoms with Gasteiger partial charge in [-0.05, 0) is 58.9 Å². The van der Waals surface area contributed by atoms with Gasteiger partial charge in [-0.1, -0.05) is 11.6 Å². The number of carbonyl (C=O) groups is 3. The molecule has 2 rings (SSSR count). The van der Waals surface area contributed by atoms with Crippen LogP contribution in [0.15, 0.2) is 28.7 Å². The normalized spacial score (nSPS) is 11.1. The lowest BCUT2D eigenvalue weighted by Crippen LogP contribution is -2.42. The highest BCUT2D eigenvalue weighted by Crippen LogP contribution is 2.30. The zero-order valence-corrected chi connectivity index (χ0v) is 17.1. The smallest absolute Gasteiger partial charge is 0.344 e. The highest BCUT2D eigenvalue weighted by atomic mass is 35.5. The number of nitrogens with one attached hydrogen (secondary N) is 1.